The van der Waals surface area contributed by atoms with Gasteiger partial charge < -0.3 is 4.42 Å². The molecular weight excluding hydrogens is 369 g/mol. The number of hydrogen-bond donors (Lipinski definition) is 0. The molecule has 5 heteroatoms. The Morgan fingerprint density at radius 3 is 2.73 bits per heavy atom. The third kappa shape index (κ3) is 3.46. The largest absolute Gasteiger partial charge is 0.455 e. The van der Waals surface area contributed by atoms with Crippen LogP contribution in [0.2, 0.25) is 5.02 Å². The van der Waals surface area contributed by atoms with Crippen molar-refractivity contribution >= 4 is 39.4 Å². The monoisotopic (exact) mass is 377 g/mol. The Kier molecular flexibility index (Phi) is 4.41. The van der Waals surface area contributed by atoms with Gasteiger partial charge in [0.2, 0.25) is 0 Å². The van der Waals surface area contributed by atoms with Gasteiger partial charge in [-0.3, -0.25) is 4.99 Å². The van der Waals surface area contributed by atoms with E-state index < -0.39 is 0 Å². The molecule has 0 unspecified atom stereocenters. The number of aliphatic imine (C=N–C) groups is 1. The van der Waals surface area contributed by atoms with Crippen molar-refractivity contribution in [2.24, 2.45) is 4.99 Å². The van der Waals surface area contributed by atoms with Crippen molar-refractivity contribution in [1.29, 1.82) is 0 Å². The number of rotatable bonds is 3. The molecule has 0 radical (unpaired) electrons. The molecule has 0 aliphatic heterocycles. The Bertz CT molecular complexity index is 844. The van der Waals surface area contributed by atoms with Gasteiger partial charge in [-0.25, -0.2) is 4.39 Å². The normalized spacial score (nSPS) is 11.2. The molecule has 1 aromatic heterocycles. The summed E-state index contributed by atoms with van der Waals surface area (Å²) in [7, 11) is 0. The van der Waals surface area contributed by atoms with E-state index in [0.29, 0.717) is 22.1 Å². The lowest BCUT2D eigenvalue weighted by Crippen LogP contribution is -1.77. The topological polar surface area (TPSA) is 25.5 Å². The van der Waals surface area contributed by atoms with E-state index in [0.717, 1.165) is 10.2 Å². The van der Waals surface area contributed by atoms with Gasteiger partial charge >= 0.3 is 0 Å². The van der Waals surface area contributed by atoms with E-state index in [2.05, 4.69) is 20.9 Å². The first-order chi connectivity index (χ1) is 10.6. The van der Waals surface area contributed by atoms with Crippen molar-refractivity contribution in [2.45, 2.75) is 0 Å². The van der Waals surface area contributed by atoms with Gasteiger partial charge in [-0.15, -0.1) is 0 Å². The molecule has 0 spiro atoms. The molecule has 1 heterocycles. The molecule has 0 saturated carbocycles. The van der Waals surface area contributed by atoms with Crippen LogP contribution in [-0.4, -0.2) is 6.21 Å². The fourth-order valence-electron chi connectivity index (χ4n) is 1.92. The lowest BCUT2D eigenvalue weighted by Gasteiger charge is -1.97. The number of hydrogen-bond acceptors (Lipinski definition) is 2. The van der Waals surface area contributed by atoms with Gasteiger partial charge in [-0.05, 0) is 58.4 Å². The Hall–Kier alpha value is -1.91. The van der Waals surface area contributed by atoms with Crippen LogP contribution in [-0.2, 0) is 0 Å². The molecule has 0 aliphatic carbocycles. The van der Waals surface area contributed by atoms with Gasteiger partial charge in [0.15, 0.2) is 0 Å². The van der Waals surface area contributed by atoms with E-state index in [1.54, 1.807) is 36.5 Å². The minimum Gasteiger partial charge on any atom is -0.455 e. The maximum atomic E-state index is 13.2. The zero-order valence-corrected chi connectivity index (χ0v) is 13.6. The van der Waals surface area contributed by atoms with E-state index >= 15 is 0 Å². The molecule has 0 amide bonds. The van der Waals surface area contributed by atoms with E-state index in [4.69, 9.17) is 16.0 Å². The maximum absolute atomic E-state index is 13.2. The molecule has 0 aliphatic rings. The molecule has 0 bridgehead atoms. The second-order valence-electron chi connectivity index (χ2n) is 4.57. The summed E-state index contributed by atoms with van der Waals surface area (Å²) in [5.41, 5.74) is 1.41. The Morgan fingerprint density at radius 1 is 1.09 bits per heavy atom. The quantitative estimate of drug-likeness (QED) is 0.494. The summed E-state index contributed by atoms with van der Waals surface area (Å²) in [5.74, 6) is 0.877. The van der Waals surface area contributed by atoms with Crippen molar-refractivity contribution in [3.05, 3.63) is 75.7 Å². The van der Waals surface area contributed by atoms with Gasteiger partial charge in [0.05, 0.1) is 16.9 Å². The van der Waals surface area contributed by atoms with Crippen molar-refractivity contribution in [3.8, 4) is 11.3 Å². The summed E-state index contributed by atoms with van der Waals surface area (Å²) in [6, 6.07) is 15.2. The summed E-state index contributed by atoms with van der Waals surface area (Å²) >= 11 is 9.34. The van der Waals surface area contributed by atoms with Gasteiger partial charge in [-0.2, -0.15) is 0 Å². The third-order valence-corrected chi connectivity index (χ3v) is 4.21. The molecule has 0 saturated heterocycles. The average Bonchev–Trinajstić information content (AvgIpc) is 2.97. The van der Waals surface area contributed by atoms with Crippen molar-refractivity contribution < 1.29 is 8.81 Å². The summed E-state index contributed by atoms with van der Waals surface area (Å²) in [4.78, 5) is 4.30. The molecule has 3 aromatic rings. The SMILES string of the molecule is Fc1cccc(-c2ccc(C=Nc3ccc(Br)c(Cl)c3)o2)c1. The standard InChI is InChI=1S/C17H10BrClFNO/c18-15-6-4-13(9-16(15)19)21-10-14-5-7-17(22-14)11-2-1-3-12(20)8-11/h1-10H. The van der Waals surface area contributed by atoms with Crippen molar-refractivity contribution in [2.75, 3.05) is 0 Å². The Labute approximate surface area is 140 Å². The molecular formula is C17H10BrClFNO. The first kappa shape index (κ1) is 15.0. The highest BCUT2D eigenvalue weighted by Gasteiger charge is 2.04. The van der Waals surface area contributed by atoms with Crippen LogP contribution in [0.15, 0.2) is 68.5 Å². The molecule has 0 atom stereocenters. The third-order valence-electron chi connectivity index (χ3n) is 2.98. The van der Waals surface area contributed by atoms with Crippen molar-refractivity contribution in [1.82, 2.24) is 0 Å². The lowest BCUT2D eigenvalue weighted by atomic mass is 10.2. The number of nitrogens with zero attached hydrogens (tertiary/aromatic N) is 1. The molecule has 110 valence electrons. The zero-order chi connectivity index (χ0) is 15.5. The van der Waals surface area contributed by atoms with Gasteiger partial charge in [-0.1, -0.05) is 23.7 Å². The highest BCUT2D eigenvalue weighted by atomic mass is 79.9. The second-order valence-corrected chi connectivity index (χ2v) is 5.83. The smallest absolute Gasteiger partial charge is 0.145 e. The van der Waals surface area contributed by atoms with E-state index in [1.807, 2.05) is 12.1 Å². The Morgan fingerprint density at radius 2 is 1.95 bits per heavy atom. The molecule has 22 heavy (non-hydrogen) atoms. The summed E-state index contributed by atoms with van der Waals surface area (Å²) in [5, 5.41) is 0.592. The highest BCUT2D eigenvalue weighted by Crippen LogP contribution is 2.27. The van der Waals surface area contributed by atoms with E-state index in [9.17, 15) is 4.39 Å². The van der Waals surface area contributed by atoms with Gasteiger partial charge in [0.25, 0.3) is 0 Å². The summed E-state index contributed by atoms with van der Waals surface area (Å²) in [6.45, 7) is 0. The minimum atomic E-state index is -0.298. The molecule has 2 aromatic carbocycles. The summed E-state index contributed by atoms with van der Waals surface area (Å²) < 4.78 is 19.7. The second kappa shape index (κ2) is 6.46. The van der Waals surface area contributed by atoms with Crippen molar-refractivity contribution in [3.63, 3.8) is 0 Å². The predicted octanol–water partition coefficient (Wildman–Crippen LogP) is 6.25. The lowest BCUT2D eigenvalue weighted by molar-refractivity contribution is 0.573. The maximum Gasteiger partial charge on any atom is 0.145 e. The van der Waals surface area contributed by atoms with Crippen LogP contribution in [0.1, 0.15) is 5.76 Å². The fourth-order valence-corrected chi connectivity index (χ4v) is 2.34. The number of halogens is 3. The molecule has 0 fully saturated rings. The molecule has 0 N–H and O–H groups in total. The van der Waals surface area contributed by atoms with Crippen LogP contribution in [0.25, 0.3) is 11.3 Å². The van der Waals surface area contributed by atoms with Crippen LogP contribution >= 0.6 is 27.5 Å². The van der Waals surface area contributed by atoms with Crippen LogP contribution in [0, 0.1) is 5.82 Å². The van der Waals surface area contributed by atoms with Gasteiger partial charge in [0.1, 0.15) is 17.3 Å². The summed E-state index contributed by atoms with van der Waals surface area (Å²) in [6.07, 6.45) is 1.60. The fraction of sp³-hybridized carbons (Fsp3) is 0. The molecule has 3 rings (SSSR count). The van der Waals surface area contributed by atoms with E-state index in [1.165, 1.54) is 12.1 Å². The number of furan rings is 1. The Balaban J connectivity index is 1.82. The van der Waals surface area contributed by atoms with Crippen LogP contribution in [0.4, 0.5) is 10.1 Å². The predicted molar refractivity (Wildman–Crippen MR) is 90.5 cm³/mol. The minimum absolute atomic E-state index is 0.298. The van der Waals surface area contributed by atoms with Gasteiger partial charge in [0, 0.05) is 10.0 Å². The van der Waals surface area contributed by atoms with Crippen LogP contribution < -0.4 is 0 Å². The van der Waals surface area contributed by atoms with Crippen LogP contribution in [0.5, 0.6) is 0 Å². The van der Waals surface area contributed by atoms with E-state index in [-0.39, 0.29) is 5.82 Å². The average molecular weight is 379 g/mol. The van der Waals surface area contributed by atoms with Crippen LogP contribution in [0.3, 0.4) is 0 Å². The number of benzene rings is 2. The first-order valence-electron chi connectivity index (χ1n) is 6.47. The molecule has 2 nitrogen and oxygen atoms in total. The highest BCUT2D eigenvalue weighted by molar-refractivity contribution is 9.10. The first-order valence-corrected chi connectivity index (χ1v) is 7.64. The zero-order valence-electron chi connectivity index (χ0n) is 11.3.